The van der Waals surface area contributed by atoms with Gasteiger partial charge in [-0.3, -0.25) is 4.79 Å². The van der Waals surface area contributed by atoms with E-state index < -0.39 is 5.91 Å². The zero-order valence-electron chi connectivity index (χ0n) is 15.1. The van der Waals surface area contributed by atoms with E-state index in [1.54, 1.807) is 38.3 Å². The number of nitrogens with one attached hydrogen (secondary N) is 1. The summed E-state index contributed by atoms with van der Waals surface area (Å²) in [5.74, 6) is 0.666. The lowest BCUT2D eigenvalue weighted by Gasteiger charge is -2.12. The molecule has 5 nitrogen and oxygen atoms in total. The summed E-state index contributed by atoms with van der Waals surface area (Å²) in [4.78, 5) is 12.5. The van der Waals surface area contributed by atoms with E-state index in [0.29, 0.717) is 34.4 Å². The normalized spacial score (nSPS) is 10.9. The molecule has 0 fully saturated rings. The quantitative estimate of drug-likeness (QED) is 0.339. The number of carbonyl (C=O) groups excluding carboxylic acids is 1. The Morgan fingerprint density at radius 3 is 2.78 bits per heavy atom. The van der Waals surface area contributed by atoms with Gasteiger partial charge in [0.05, 0.1) is 17.3 Å². The van der Waals surface area contributed by atoms with Crippen LogP contribution < -0.4 is 14.8 Å². The highest BCUT2D eigenvalue weighted by atomic mass is 127. The maximum absolute atomic E-state index is 12.5. The first kappa shape index (κ1) is 21.1. The van der Waals surface area contributed by atoms with Crippen molar-refractivity contribution >= 4 is 51.9 Å². The average Bonchev–Trinajstić information content (AvgIpc) is 2.65. The Kier molecular flexibility index (Phi) is 7.51. The number of halogens is 2. The molecule has 0 aliphatic rings. The van der Waals surface area contributed by atoms with Crippen molar-refractivity contribution in [3.8, 4) is 17.6 Å². The second kappa shape index (κ2) is 9.62. The lowest BCUT2D eigenvalue weighted by molar-refractivity contribution is -0.112. The van der Waals surface area contributed by atoms with Gasteiger partial charge in [-0.2, -0.15) is 5.26 Å². The molecule has 0 aliphatic carbocycles. The monoisotopic (exact) mass is 496 g/mol. The minimum absolute atomic E-state index is 0.0311. The van der Waals surface area contributed by atoms with Gasteiger partial charge in [0.1, 0.15) is 11.6 Å². The van der Waals surface area contributed by atoms with Gasteiger partial charge in [-0.1, -0.05) is 17.7 Å². The molecule has 2 aromatic carbocycles. The third kappa shape index (κ3) is 5.15. The van der Waals surface area contributed by atoms with Gasteiger partial charge >= 0.3 is 0 Å². The Morgan fingerprint density at radius 2 is 2.15 bits per heavy atom. The zero-order chi connectivity index (χ0) is 20.0. The third-order valence-electron chi connectivity index (χ3n) is 3.73. The number of rotatable bonds is 6. The van der Waals surface area contributed by atoms with Crippen LogP contribution in [0.2, 0.25) is 5.02 Å². The van der Waals surface area contributed by atoms with Crippen molar-refractivity contribution in [2.75, 3.05) is 19.0 Å². The number of hydrogen-bond acceptors (Lipinski definition) is 4. The van der Waals surface area contributed by atoms with E-state index in [0.717, 1.165) is 9.13 Å². The van der Waals surface area contributed by atoms with Gasteiger partial charge in [0.15, 0.2) is 11.5 Å². The number of amides is 1. The Hall–Kier alpha value is -2.24. The van der Waals surface area contributed by atoms with Crippen molar-refractivity contribution in [3.05, 3.63) is 55.6 Å². The first-order valence-corrected chi connectivity index (χ1v) is 9.55. The van der Waals surface area contributed by atoms with Crippen LogP contribution in [-0.4, -0.2) is 19.6 Å². The number of carbonyl (C=O) groups is 1. The molecule has 140 valence electrons. The molecule has 0 saturated carbocycles. The molecule has 2 aromatic rings. The van der Waals surface area contributed by atoms with Crippen LogP contribution in [0.25, 0.3) is 6.08 Å². The third-order valence-corrected chi connectivity index (χ3v) is 4.94. The average molecular weight is 497 g/mol. The molecule has 0 saturated heterocycles. The molecular formula is C20H18ClIN2O3. The summed E-state index contributed by atoms with van der Waals surface area (Å²) in [7, 11) is 1.54. The predicted molar refractivity (Wildman–Crippen MR) is 115 cm³/mol. The lowest BCUT2D eigenvalue weighted by atomic mass is 10.1. The molecule has 7 heteroatoms. The van der Waals surface area contributed by atoms with E-state index in [4.69, 9.17) is 21.1 Å². The molecule has 0 aromatic heterocycles. The molecule has 2 rings (SSSR count). The van der Waals surface area contributed by atoms with Crippen LogP contribution in [0.3, 0.4) is 0 Å². The Balaban J connectivity index is 2.35. The van der Waals surface area contributed by atoms with Crippen molar-refractivity contribution in [1.82, 2.24) is 0 Å². The van der Waals surface area contributed by atoms with E-state index in [-0.39, 0.29) is 5.57 Å². The molecule has 1 N–H and O–H groups in total. The first-order chi connectivity index (χ1) is 12.9. The van der Waals surface area contributed by atoms with Gasteiger partial charge in [-0.05, 0) is 77.9 Å². The van der Waals surface area contributed by atoms with Crippen LogP contribution in [0.1, 0.15) is 18.1 Å². The number of nitrogens with zero attached hydrogens (tertiary/aromatic N) is 1. The van der Waals surface area contributed by atoms with Gasteiger partial charge in [0.2, 0.25) is 0 Å². The topological polar surface area (TPSA) is 71.3 Å². The summed E-state index contributed by atoms with van der Waals surface area (Å²) in [6, 6.07) is 10.7. The Bertz CT molecular complexity index is 936. The lowest BCUT2D eigenvalue weighted by Crippen LogP contribution is -2.14. The van der Waals surface area contributed by atoms with Crippen LogP contribution in [0.15, 0.2) is 35.9 Å². The molecule has 0 aliphatic heterocycles. The van der Waals surface area contributed by atoms with Crippen molar-refractivity contribution < 1.29 is 14.3 Å². The van der Waals surface area contributed by atoms with Crippen LogP contribution in [0, 0.1) is 21.8 Å². The standard InChI is InChI=1S/C20H18ClIN2O3/c1-4-27-19-16(22)9-13(10-18(19)26-3)8-14(11-23)20(25)24-17-7-5-6-15(21)12(17)2/h5-10H,4H2,1-3H3,(H,24,25)/b14-8+. The van der Waals surface area contributed by atoms with Gasteiger partial charge in [0, 0.05) is 10.7 Å². The largest absolute Gasteiger partial charge is 0.493 e. The van der Waals surface area contributed by atoms with Gasteiger partial charge in [-0.15, -0.1) is 0 Å². The highest BCUT2D eigenvalue weighted by Gasteiger charge is 2.14. The maximum Gasteiger partial charge on any atom is 0.266 e. The zero-order valence-corrected chi connectivity index (χ0v) is 18.0. The molecule has 27 heavy (non-hydrogen) atoms. The van der Waals surface area contributed by atoms with E-state index in [2.05, 4.69) is 27.9 Å². The summed E-state index contributed by atoms with van der Waals surface area (Å²) in [6.07, 6.45) is 1.51. The van der Waals surface area contributed by atoms with Crippen molar-refractivity contribution in [1.29, 1.82) is 5.26 Å². The van der Waals surface area contributed by atoms with Crippen LogP contribution >= 0.6 is 34.2 Å². The first-order valence-electron chi connectivity index (χ1n) is 8.09. The van der Waals surface area contributed by atoms with Crippen molar-refractivity contribution in [2.24, 2.45) is 0 Å². The summed E-state index contributed by atoms with van der Waals surface area (Å²) in [5.41, 5.74) is 1.93. The number of anilines is 1. The van der Waals surface area contributed by atoms with Crippen LogP contribution in [0.5, 0.6) is 11.5 Å². The van der Waals surface area contributed by atoms with Gasteiger partial charge in [-0.25, -0.2) is 0 Å². The molecule has 1 amide bonds. The number of methoxy groups -OCH3 is 1. The summed E-state index contributed by atoms with van der Waals surface area (Å²) in [5, 5.41) is 12.7. The molecule has 0 heterocycles. The molecule has 0 bridgehead atoms. The summed E-state index contributed by atoms with van der Waals surface area (Å²) >= 11 is 8.20. The molecular weight excluding hydrogens is 479 g/mol. The Labute approximate surface area is 177 Å². The van der Waals surface area contributed by atoms with E-state index >= 15 is 0 Å². The Morgan fingerprint density at radius 1 is 1.41 bits per heavy atom. The fourth-order valence-corrected chi connectivity index (χ4v) is 3.31. The highest BCUT2D eigenvalue weighted by molar-refractivity contribution is 14.1. The molecule has 0 atom stereocenters. The molecule has 0 unspecified atom stereocenters. The van der Waals surface area contributed by atoms with E-state index in [9.17, 15) is 10.1 Å². The predicted octanol–water partition coefficient (Wildman–Crippen LogP) is 5.21. The van der Waals surface area contributed by atoms with Crippen LogP contribution in [-0.2, 0) is 4.79 Å². The summed E-state index contributed by atoms with van der Waals surface area (Å²) < 4.78 is 11.8. The second-order valence-corrected chi connectivity index (χ2v) is 7.07. The van der Waals surface area contributed by atoms with E-state index in [1.165, 1.54) is 6.08 Å². The smallest absolute Gasteiger partial charge is 0.266 e. The van der Waals surface area contributed by atoms with E-state index in [1.807, 2.05) is 19.1 Å². The fourth-order valence-electron chi connectivity index (χ4n) is 2.36. The van der Waals surface area contributed by atoms with Gasteiger partial charge < -0.3 is 14.8 Å². The minimum Gasteiger partial charge on any atom is -0.493 e. The van der Waals surface area contributed by atoms with Crippen LogP contribution in [0.4, 0.5) is 5.69 Å². The minimum atomic E-state index is -0.509. The van der Waals surface area contributed by atoms with Gasteiger partial charge in [0.25, 0.3) is 5.91 Å². The highest BCUT2D eigenvalue weighted by Crippen LogP contribution is 2.34. The number of ether oxygens (including phenoxy) is 2. The summed E-state index contributed by atoms with van der Waals surface area (Å²) in [6.45, 7) is 4.19. The van der Waals surface area contributed by atoms with Crippen molar-refractivity contribution in [2.45, 2.75) is 13.8 Å². The number of hydrogen-bond donors (Lipinski definition) is 1. The number of benzene rings is 2. The second-order valence-electron chi connectivity index (χ2n) is 5.50. The molecule has 0 radical (unpaired) electrons. The SMILES string of the molecule is CCOc1c(I)cc(/C=C(\C#N)C(=O)Nc2cccc(Cl)c2C)cc1OC. The maximum atomic E-state index is 12.5. The number of nitriles is 1. The fraction of sp³-hybridized carbons (Fsp3) is 0.200. The molecule has 0 spiro atoms. The van der Waals surface area contributed by atoms with Crippen molar-refractivity contribution in [3.63, 3.8) is 0 Å².